The maximum atomic E-state index is 5.17. The van der Waals surface area contributed by atoms with E-state index in [0.717, 1.165) is 6.54 Å². The summed E-state index contributed by atoms with van der Waals surface area (Å²) in [5, 5.41) is 3.56. The minimum absolute atomic E-state index is 0.349. The minimum Gasteiger partial charge on any atom is -0.380 e. The van der Waals surface area contributed by atoms with Gasteiger partial charge in [0.05, 0.1) is 6.61 Å². The van der Waals surface area contributed by atoms with Crippen molar-refractivity contribution in [2.75, 3.05) is 7.11 Å². The molecule has 0 heterocycles. The van der Waals surface area contributed by atoms with Crippen molar-refractivity contribution < 1.29 is 4.74 Å². The van der Waals surface area contributed by atoms with Crippen molar-refractivity contribution >= 4 is 0 Å². The van der Waals surface area contributed by atoms with Crippen LogP contribution in [-0.4, -0.2) is 7.11 Å². The Morgan fingerprint density at radius 3 is 2.45 bits per heavy atom. The monoisotopic (exact) mass is 269 g/mol. The lowest BCUT2D eigenvalue weighted by Crippen LogP contribution is -2.18. The van der Waals surface area contributed by atoms with Gasteiger partial charge in [0.2, 0.25) is 0 Å². The van der Waals surface area contributed by atoms with Crippen molar-refractivity contribution in [2.24, 2.45) is 0 Å². The average molecular weight is 269 g/mol. The summed E-state index contributed by atoms with van der Waals surface area (Å²) in [7, 11) is 1.73. The van der Waals surface area contributed by atoms with Gasteiger partial charge in [-0.25, -0.2) is 0 Å². The third-order valence-electron chi connectivity index (χ3n) is 3.49. The van der Waals surface area contributed by atoms with Crippen LogP contribution in [0.15, 0.2) is 48.5 Å². The van der Waals surface area contributed by atoms with Crippen molar-refractivity contribution in [3.63, 3.8) is 0 Å². The third-order valence-corrected chi connectivity index (χ3v) is 3.49. The standard InChI is InChI=1S/C18H23NO/c1-14-7-9-18(10-8-14)15(2)19-12-16-5-4-6-17(11-16)13-20-3/h4-11,15,19H,12-13H2,1-3H3. The molecule has 0 aliphatic heterocycles. The van der Waals surface area contributed by atoms with Crippen molar-refractivity contribution in [1.29, 1.82) is 0 Å². The highest BCUT2D eigenvalue weighted by Crippen LogP contribution is 2.14. The molecule has 0 aromatic heterocycles. The van der Waals surface area contributed by atoms with Crippen LogP contribution in [0.4, 0.5) is 0 Å². The van der Waals surface area contributed by atoms with E-state index in [9.17, 15) is 0 Å². The van der Waals surface area contributed by atoms with Gasteiger partial charge in [0, 0.05) is 19.7 Å². The molecule has 1 atom stereocenters. The molecule has 1 unspecified atom stereocenters. The molecular formula is C18H23NO. The zero-order valence-corrected chi connectivity index (χ0v) is 12.5. The molecule has 2 heteroatoms. The first-order chi connectivity index (χ1) is 9.69. The van der Waals surface area contributed by atoms with E-state index in [0.29, 0.717) is 12.6 Å². The Labute approximate surface area is 121 Å². The molecule has 0 saturated heterocycles. The molecule has 2 aromatic carbocycles. The second-order valence-corrected chi connectivity index (χ2v) is 5.27. The molecular weight excluding hydrogens is 246 g/mol. The summed E-state index contributed by atoms with van der Waals surface area (Å²) >= 11 is 0. The van der Waals surface area contributed by atoms with Crippen molar-refractivity contribution in [3.05, 3.63) is 70.8 Å². The number of nitrogens with one attached hydrogen (secondary N) is 1. The molecule has 0 bridgehead atoms. The number of hydrogen-bond acceptors (Lipinski definition) is 2. The van der Waals surface area contributed by atoms with Crippen LogP contribution < -0.4 is 5.32 Å². The maximum absolute atomic E-state index is 5.17. The Kier molecular flexibility index (Phi) is 5.33. The van der Waals surface area contributed by atoms with Crippen LogP contribution >= 0.6 is 0 Å². The second-order valence-electron chi connectivity index (χ2n) is 5.27. The van der Waals surface area contributed by atoms with Crippen LogP contribution in [0, 0.1) is 6.92 Å². The smallest absolute Gasteiger partial charge is 0.0713 e. The summed E-state index contributed by atoms with van der Waals surface area (Å²) in [6.07, 6.45) is 0. The number of rotatable bonds is 6. The van der Waals surface area contributed by atoms with E-state index >= 15 is 0 Å². The summed E-state index contributed by atoms with van der Waals surface area (Å²) in [6, 6.07) is 17.6. The van der Waals surface area contributed by atoms with E-state index in [1.54, 1.807) is 7.11 Å². The Hall–Kier alpha value is -1.64. The zero-order valence-electron chi connectivity index (χ0n) is 12.5. The van der Waals surface area contributed by atoms with Gasteiger partial charge in [-0.15, -0.1) is 0 Å². The van der Waals surface area contributed by atoms with E-state index in [-0.39, 0.29) is 0 Å². The molecule has 0 radical (unpaired) electrons. The van der Waals surface area contributed by atoms with Gasteiger partial charge in [-0.05, 0) is 30.5 Å². The summed E-state index contributed by atoms with van der Waals surface area (Å²) in [5.41, 5.74) is 5.13. The highest BCUT2D eigenvalue weighted by atomic mass is 16.5. The molecule has 0 aliphatic carbocycles. The highest BCUT2D eigenvalue weighted by molar-refractivity contribution is 5.25. The minimum atomic E-state index is 0.349. The zero-order chi connectivity index (χ0) is 14.4. The molecule has 106 valence electrons. The summed E-state index contributed by atoms with van der Waals surface area (Å²) in [6.45, 7) is 5.85. The van der Waals surface area contributed by atoms with Crippen LogP contribution in [0.2, 0.25) is 0 Å². The second kappa shape index (κ2) is 7.22. The van der Waals surface area contributed by atoms with Gasteiger partial charge in [0.25, 0.3) is 0 Å². The Morgan fingerprint density at radius 1 is 1.05 bits per heavy atom. The third kappa shape index (κ3) is 4.19. The van der Waals surface area contributed by atoms with Crippen LogP contribution in [0.25, 0.3) is 0 Å². The fourth-order valence-corrected chi connectivity index (χ4v) is 2.24. The van der Waals surface area contributed by atoms with E-state index in [4.69, 9.17) is 4.74 Å². The van der Waals surface area contributed by atoms with Gasteiger partial charge in [-0.3, -0.25) is 0 Å². The fourth-order valence-electron chi connectivity index (χ4n) is 2.24. The Morgan fingerprint density at radius 2 is 1.75 bits per heavy atom. The number of aryl methyl sites for hydroxylation is 1. The van der Waals surface area contributed by atoms with Gasteiger partial charge >= 0.3 is 0 Å². The van der Waals surface area contributed by atoms with Gasteiger partial charge in [-0.2, -0.15) is 0 Å². The average Bonchev–Trinajstić information content (AvgIpc) is 2.46. The van der Waals surface area contributed by atoms with Gasteiger partial charge < -0.3 is 10.1 Å². The van der Waals surface area contributed by atoms with E-state index in [1.165, 1.54) is 22.3 Å². The number of methoxy groups -OCH3 is 1. The van der Waals surface area contributed by atoms with Crippen molar-refractivity contribution in [3.8, 4) is 0 Å². The van der Waals surface area contributed by atoms with Crippen LogP contribution in [0.3, 0.4) is 0 Å². The molecule has 2 nitrogen and oxygen atoms in total. The Balaban J connectivity index is 1.94. The van der Waals surface area contributed by atoms with E-state index < -0.39 is 0 Å². The van der Waals surface area contributed by atoms with E-state index in [2.05, 4.69) is 67.7 Å². The van der Waals surface area contributed by atoms with Crippen LogP contribution in [0.5, 0.6) is 0 Å². The highest BCUT2D eigenvalue weighted by Gasteiger charge is 2.04. The van der Waals surface area contributed by atoms with Crippen molar-refractivity contribution in [2.45, 2.75) is 33.0 Å². The maximum Gasteiger partial charge on any atom is 0.0713 e. The SMILES string of the molecule is COCc1cccc(CNC(C)c2ccc(C)cc2)c1. The molecule has 0 fully saturated rings. The molecule has 0 amide bonds. The number of hydrogen-bond donors (Lipinski definition) is 1. The normalized spacial score (nSPS) is 12.3. The largest absolute Gasteiger partial charge is 0.380 e. The predicted molar refractivity (Wildman–Crippen MR) is 83.6 cm³/mol. The molecule has 1 N–H and O–H groups in total. The summed E-state index contributed by atoms with van der Waals surface area (Å²) < 4.78 is 5.17. The molecule has 2 rings (SSSR count). The lowest BCUT2D eigenvalue weighted by Gasteiger charge is -2.15. The first-order valence-corrected chi connectivity index (χ1v) is 7.06. The van der Waals surface area contributed by atoms with Gasteiger partial charge in [0.1, 0.15) is 0 Å². The van der Waals surface area contributed by atoms with Crippen LogP contribution in [0.1, 0.15) is 35.2 Å². The number of ether oxygens (including phenoxy) is 1. The molecule has 0 spiro atoms. The summed E-state index contributed by atoms with van der Waals surface area (Å²) in [5.74, 6) is 0. The van der Waals surface area contributed by atoms with E-state index in [1.807, 2.05) is 0 Å². The molecule has 20 heavy (non-hydrogen) atoms. The first kappa shape index (κ1) is 14.8. The lowest BCUT2D eigenvalue weighted by molar-refractivity contribution is 0.185. The quantitative estimate of drug-likeness (QED) is 0.856. The van der Waals surface area contributed by atoms with Gasteiger partial charge in [-0.1, -0.05) is 54.1 Å². The fraction of sp³-hybridized carbons (Fsp3) is 0.333. The lowest BCUT2D eigenvalue weighted by atomic mass is 10.1. The first-order valence-electron chi connectivity index (χ1n) is 7.06. The summed E-state index contributed by atoms with van der Waals surface area (Å²) in [4.78, 5) is 0. The van der Waals surface area contributed by atoms with Crippen LogP contribution in [-0.2, 0) is 17.9 Å². The number of benzene rings is 2. The topological polar surface area (TPSA) is 21.3 Å². The molecule has 0 saturated carbocycles. The van der Waals surface area contributed by atoms with Gasteiger partial charge in [0.15, 0.2) is 0 Å². The molecule has 2 aromatic rings. The van der Waals surface area contributed by atoms with Crippen molar-refractivity contribution in [1.82, 2.24) is 5.32 Å². The molecule has 0 aliphatic rings. The predicted octanol–water partition coefficient (Wildman–Crippen LogP) is 3.99. The Bertz CT molecular complexity index is 533.